The number of nitrogen functional groups attached to an aromatic ring is 1. The highest BCUT2D eigenvalue weighted by molar-refractivity contribution is 6.06. The maximum Gasteiger partial charge on any atom is 0.323 e. The summed E-state index contributed by atoms with van der Waals surface area (Å²) in [7, 11) is 0. The fraction of sp³-hybridized carbons (Fsp3) is 0. The second-order valence-electron chi connectivity index (χ2n) is 4.73. The summed E-state index contributed by atoms with van der Waals surface area (Å²) in [4.78, 5) is 12.1. The van der Waals surface area contributed by atoms with Crippen LogP contribution in [-0.2, 0) is 0 Å². The van der Waals surface area contributed by atoms with Gasteiger partial charge in [0, 0.05) is 16.8 Å². The molecule has 0 aliphatic heterocycles. The molecule has 0 heterocycles. The minimum absolute atomic E-state index is 0.294. The summed E-state index contributed by atoms with van der Waals surface area (Å²) in [5.41, 5.74) is 7.73. The summed E-state index contributed by atoms with van der Waals surface area (Å²) in [6, 6.07) is 20.5. The first-order valence-corrected chi connectivity index (χ1v) is 6.64. The molecule has 0 aliphatic carbocycles. The minimum Gasteiger partial charge on any atom is -0.399 e. The Kier molecular flexibility index (Phi) is 3.43. The van der Waals surface area contributed by atoms with Crippen LogP contribution in [0.1, 0.15) is 0 Å². The number of anilines is 3. The first-order valence-electron chi connectivity index (χ1n) is 6.64. The molecule has 2 amide bonds. The average molecular weight is 277 g/mol. The van der Waals surface area contributed by atoms with Crippen molar-refractivity contribution in [3.05, 3.63) is 66.7 Å². The van der Waals surface area contributed by atoms with E-state index >= 15 is 0 Å². The van der Waals surface area contributed by atoms with Gasteiger partial charge in [0.25, 0.3) is 0 Å². The monoisotopic (exact) mass is 277 g/mol. The largest absolute Gasteiger partial charge is 0.399 e. The predicted octanol–water partition coefficient (Wildman–Crippen LogP) is 4.07. The van der Waals surface area contributed by atoms with Crippen molar-refractivity contribution in [2.24, 2.45) is 0 Å². The topological polar surface area (TPSA) is 67.1 Å². The molecule has 0 spiro atoms. The van der Waals surface area contributed by atoms with E-state index in [-0.39, 0.29) is 6.03 Å². The van der Waals surface area contributed by atoms with Crippen LogP contribution in [0.4, 0.5) is 21.9 Å². The third-order valence-electron chi connectivity index (χ3n) is 3.18. The quantitative estimate of drug-likeness (QED) is 0.618. The zero-order chi connectivity index (χ0) is 14.7. The Balaban J connectivity index is 1.80. The second-order valence-corrected chi connectivity index (χ2v) is 4.73. The third kappa shape index (κ3) is 2.95. The summed E-state index contributed by atoms with van der Waals surface area (Å²) in [6.45, 7) is 0. The number of hydrogen-bond donors (Lipinski definition) is 3. The van der Waals surface area contributed by atoms with Crippen LogP contribution >= 0.6 is 0 Å². The molecule has 4 nitrogen and oxygen atoms in total. The highest BCUT2D eigenvalue weighted by Gasteiger charge is 2.05. The number of carbonyl (C=O) groups is 1. The van der Waals surface area contributed by atoms with Gasteiger partial charge in [-0.05, 0) is 29.7 Å². The van der Waals surface area contributed by atoms with Crippen molar-refractivity contribution >= 4 is 33.9 Å². The number of urea groups is 1. The van der Waals surface area contributed by atoms with Crippen molar-refractivity contribution in [1.29, 1.82) is 0 Å². The molecule has 0 bridgehead atoms. The number of hydrogen-bond acceptors (Lipinski definition) is 2. The lowest BCUT2D eigenvalue weighted by Gasteiger charge is -2.10. The standard InChI is InChI=1S/C17H15N3O/c18-13-7-4-8-14(11-13)19-17(21)20-16-10-3-6-12-5-1-2-9-15(12)16/h1-11H,18H2,(H2,19,20,21). The van der Waals surface area contributed by atoms with Crippen LogP contribution in [0.3, 0.4) is 0 Å². The lowest BCUT2D eigenvalue weighted by Crippen LogP contribution is -2.19. The molecule has 0 unspecified atom stereocenters. The molecule has 0 atom stereocenters. The molecule has 3 rings (SSSR count). The summed E-state index contributed by atoms with van der Waals surface area (Å²) < 4.78 is 0. The van der Waals surface area contributed by atoms with Gasteiger partial charge in [-0.15, -0.1) is 0 Å². The minimum atomic E-state index is -0.294. The highest BCUT2D eigenvalue weighted by atomic mass is 16.2. The third-order valence-corrected chi connectivity index (χ3v) is 3.18. The zero-order valence-electron chi connectivity index (χ0n) is 11.3. The summed E-state index contributed by atoms with van der Waals surface area (Å²) in [5, 5.41) is 7.71. The smallest absolute Gasteiger partial charge is 0.323 e. The van der Waals surface area contributed by atoms with E-state index < -0.39 is 0 Å². The van der Waals surface area contributed by atoms with Crippen LogP contribution in [-0.4, -0.2) is 6.03 Å². The van der Waals surface area contributed by atoms with Gasteiger partial charge < -0.3 is 16.4 Å². The van der Waals surface area contributed by atoms with Gasteiger partial charge in [0.15, 0.2) is 0 Å². The fourth-order valence-electron chi connectivity index (χ4n) is 2.24. The number of fused-ring (bicyclic) bond motifs is 1. The van der Waals surface area contributed by atoms with Crippen molar-refractivity contribution in [2.75, 3.05) is 16.4 Å². The van der Waals surface area contributed by atoms with E-state index in [4.69, 9.17) is 5.73 Å². The van der Waals surface area contributed by atoms with Crippen molar-refractivity contribution < 1.29 is 4.79 Å². The Labute approximate surface area is 122 Å². The summed E-state index contributed by atoms with van der Waals surface area (Å²) in [6.07, 6.45) is 0. The van der Waals surface area contributed by atoms with Gasteiger partial charge in [-0.25, -0.2) is 4.79 Å². The van der Waals surface area contributed by atoms with Crippen molar-refractivity contribution in [2.45, 2.75) is 0 Å². The first kappa shape index (κ1) is 13.0. The molecule has 4 N–H and O–H groups in total. The number of nitrogens with one attached hydrogen (secondary N) is 2. The Hall–Kier alpha value is -3.01. The molecule has 0 radical (unpaired) electrons. The molecular weight excluding hydrogens is 262 g/mol. The Morgan fingerprint density at radius 3 is 2.48 bits per heavy atom. The van der Waals surface area contributed by atoms with Gasteiger partial charge in [0.2, 0.25) is 0 Å². The predicted molar refractivity (Wildman–Crippen MR) is 87.4 cm³/mol. The molecular formula is C17H15N3O. The second kappa shape index (κ2) is 5.54. The molecule has 0 aliphatic rings. The van der Waals surface area contributed by atoms with E-state index in [1.807, 2.05) is 42.5 Å². The van der Waals surface area contributed by atoms with Crippen molar-refractivity contribution in [3.8, 4) is 0 Å². The summed E-state index contributed by atoms with van der Waals surface area (Å²) in [5.74, 6) is 0. The van der Waals surface area contributed by atoms with E-state index in [1.54, 1.807) is 24.3 Å². The number of rotatable bonds is 2. The Bertz CT molecular complexity index is 793. The average Bonchev–Trinajstić information content (AvgIpc) is 2.47. The number of amides is 2. The lowest BCUT2D eigenvalue weighted by molar-refractivity contribution is 0.262. The first-order chi connectivity index (χ1) is 10.2. The molecule has 3 aromatic carbocycles. The Morgan fingerprint density at radius 2 is 1.62 bits per heavy atom. The van der Waals surface area contributed by atoms with Crippen LogP contribution in [0.25, 0.3) is 10.8 Å². The number of nitrogens with two attached hydrogens (primary N) is 1. The normalized spacial score (nSPS) is 10.3. The van der Waals surface area contributed by atoms with Crippen LogP contribution in [0.5, 0.6) is 0 Å². The van der Waals surface area contributed by atoms with Gasteiger partial charge in [0.05, 0.1) is 5.69 Å². The van der Waals surface area contributed by atoms with Gasteiger partial charge in [-0.3, -0.25) is 0 Å². The Morgan fingerprint density at radius 1 is 0.857 bits per heavy atom. The van der Waals surface area contributed by atoms with E-state index in [9.17, 15) is 4.79 Å². The zero-order valence-corrected chi connectivity index (χ0v) is 11.3. The molecule has 0 fully saturated rings. The van der Waals surface area contributed by atoms with Crippen LogP contribution in [0, 0.1) is 0 Å². The molecule has 104 valence electrons. The van der Waals surface area contributed by atoms with E-state index in [0.29, 0.717) is 11.4 Å². The van der Waals surface area contributed by atoms with Gasteiger partial charge >= 0.3 is 6.03 Å². The molecule has 0 aromatic heterocycles. The molecule has 3 aromatic rings. The van der Waals surface area contributed by atoms with Gasteiger partial charge in [-0.1, -0.05) is 42.5 Å². The maximum absolute atomic E-state index is 12.1. The molecule has 4 heteroatoms. The van der Waals surface area contributed by atoms with Crippen molar-refractivity contribution in [3.63, 3.8) is 0 Å². The highest BCUT2D eigenvalue weighted by Crippen LogP contribution is 2.23. The van der Waals surface area contributed by atoms with Crippen molar-refractivity contribution in [1.82, 2.24) is 0 Å². The lowest BCUT2D eigenvalue weighted by atomic mass is 10.1. The van der Waals surface area contributed by atoms with Crippen LogP contribution in [0.2, 0.25) is 0 Å². The van der Waals surface area contributed by atoms with Gasteiger partial charge in [-0.2, -0.15) is 0 Å². The van der Waals surface area contributed by atoms with Crippen LogP contribution < -0.4 is 16.4 Å². The van der Waals surface area contributed by atoms with E-state index in [0.717, 1.165) is 16.5 Å². The maximum atomic E-state index is 12.1. The molecule has 0 saturated heterocycles. The SMILES string of the molecule is Nc1cccc(NC(=O)Nc2cccc3ccccc23)c1. The fourth-order valence-corrected chi connectivity index (χ4v) is 2.24. The summed E-state index contributed by atoms with van der Waals surface area (Å²) >= 11 is 0. The molecule has 21 heavy (non-hydrogen) atoms. The number of benzene rings is 3. The van der Waals surface area contributed by atoms with Gasteiger partial charge in [0.1, 0.15) is 0 Å². The van der Waals surface area contributed by atoms with E-state index in [2.05, 4.69) is 10.6 Å². The molecule has 0 saturated carbocycles. The van der Waals surface area contributed by atoms with Crippen LogP contribution in [0.15, 0.2) is 66.7 Å². The number of carbonyl (C=O) groups excluding carboxylic acids is 1. The van der Waals surface area contributed by atoms with E-state index in [1.165, 1.54) is 0 Å².